The van der Waals surface area contributed by atoms with Crippen molar-refractivity contribution in [3.63, 3.8) is 0 Å². The first-order valence-electron chi connectivity index (χ1n) is 1.37. The molecular weight excluding hydrogens is 271 g/mol. The molecule has 0 unspecified atom stereocenters. The molecule has 0 rings (SSSR count). The van der Waals surface area contributed by atoms with Crippen LogP contribution in [0.1, 0.15) is 0 Å². The van der Waals surface area contributed by atoms with Crippen LogP contribution in [-0.4, -0.2) is 25.8 Å². The molecule has 11 heavy (non-hydrogen) atoms. The Balaban J connectivity index is -0.000000107. The van der Waals surface area contributed by atoms with E-state index in [2.05, 4.69) is 0 Å². The Morgan fingerprint density at radius 2 is 1.09 bits per heavy atom. The van der Waals surface area contributed by atoms with E-state index in [9.17, 15) is 0 Å². The Kier molecular flexibility index (Phi) is 9.52. The summed E-state index contributed by atoms with van der Waals surface area (Å²) in [5.74, 6) is 0. The summed E-state index contributed by atoms with van der Waals surface area (Å²) in [6.45, 7) is 0. The summed E-state index contributed by atoms with van der Waals surface area (Å²) < 4.78 is 66.0. The van der Waals surface area contributed by atoms with Crippen LogP contribution in [-0.2, 0) is 48.1 Å². The molecule has 0 amide bonds. The molecule has 0 atom stereocenters. The van der Waals surface area contributed by atoms with Crippen LogP contribution in [0.5, 0.6) is 0 Å². The van der Waals surface area contributed by atoms with E-state index in [0.717, 1.165) is 0 Å². The Morgan fingerprint density at radius 1 is 1.09 bits per heavy atom. The number of hydrogen-bond acceptors (Lipinski definition) is 6. The monoisotopic (exact) mass is 272 g/mol. The Bertz CT molecular complexity index is 210. The van der Waals surface area contributed by atoms with E-state index < -0.39 is 24.0 Å². The maximum absolute atomic E-state index is 8.82. The molecule has 0 saturated heterocycles. The number of hydrogen-bond donors (Lipinski definition) is 2. The van der Waals surface area contributed by atoms with E-state index in [1.54, 1.807) is 0 Å². The molecule has 2 N–H and O–H groups in total. The van der Waals surface area contributed by atoms with Gasteiger partial charge in [-0.25, -0.2) is 0 Å². The molecule has 0 aliphatic heterocycles. The Morgan fingerprint density at radius 3 is 1.09 bits per heavy atom. The van der Waals surface area contributed by atoms with Crippen molar-refractivity contribution >= 4 is 10.4 Å². The number of rotatable bonds is 0. The maximum atomic E-state index is 8.82. The van der Waals surface area contributed by atoms with Crippen LogP contribution in [0.15, 0.2) is 0 Å². The summed E-state index contributed by atoms with van der Waals surface area (Å²) in [4.78, 5) is 0. The summed E-state index contributed by atoms with van der Waals surface area (Å²) in [6.07, 6.45) is 0. The van der Waals surface area contributed by atoms with Crippen LogP contribution in [0.2, 0.25) is 0 Å². The molecule has 0 radical (unpaired) electrons. The van der Waals surface area contributed by atoms with E-state index in [-0.39, 0.29) is 16.5 Å². The van der Waals surface area contributed by atoms with E-state index in [1.165, 1.54) is 0 Å². The van der Waals surface area contributed by atoms with Gasteiger partial charge in [0.05, 0.1) is 0 Å². The van der Waals surface area contributed by atoms with Crippen LogP contribution >= 0.6 is 0 Å². The topological polar surface area (TPSA) is 155 Å². The van der Waals surface area contributed by atoms with Crippen LogP contribution in [0.3, 0.4) is 0 Å². The summed E-state index contributed by atoms with van der Waals surface area (Å²) in [6, 6.07) is 0. The Labute approximate surface area is 74.1 Å². The quantitative estimate of drug-likeness (QED) is 0.274. The van der Waals surface area contributed by atoms with Crippen LogP contribution in [0.25, 0.3) is 0 Å². The second-order valence-electron chi connectivity index (χ2n) is 0.856. The molecule has 0 saturated carbocycles. The van der Waals surface area contributed by atoms with Crippen molar-refractivity contribution in [2.24, 2.45) is 0 Å². The van der Waals surface area contributed by atoms with Gasteiger partial charge in [-0.2, -0.15) is 0 Å². The van der Waals surface area contributed by atoms with Gasteiger partial charge in [0.15, 0.2) is 0 Å². The zero-order valence-electron chi connectivity index (χ0n) is 4.48. The van der Waals surface area contributed by atoms with Crippen molar-refractivity contribution in [2.75, 3.05) is 0 Å². The third kappa shape index (κ3) is 4260. The second kappa shape index (κ2) is 5.99. The average Bonchev–Trinajstić information content (AvgIpc) is 1.12. The van der Waals surface area contributed by atoms with Gasteiger partial charge >= 0.3 is 46.0 Å². The van der Waals surface area contributed by atoms with Gasteiger partial charge in [0.25, 0.3) is 0 Å². The first-order valence-corrected chi connectivity index (χ1v) is 4.88. The third-order valence-corrected chi connectivity index (χ3v) is 0. The molecule has 11 heteroatoms. The standard InChI is InChI=1S/Cr.Ni.H2O4S.2H2O.2O/c;;1-5(2,3)4;;;;/h;;(H2,1,2,3,4);2*1H2;;/q2*+2;;;;;/p-4. The SMILES string of the molecule is O=S(=O)([O-])[O-].[Ni+2].[O]=[Cr](=[O])([OH])[OH]. The van der Waals surface area contributed by atoms with Crippen molar-refractivity contribution in [3.8, 4) is 0 Å². The van der Waals surface area contributed by atoms with Gasteiger partial charge in [-0.1, -0.05) is 0 Å². The normalized spacial score (nSPS) is 10.5. The van der Waals surface area contributed by atoms with Crippen molar-refractivity contribution in [1.82, 2.24) is 0 Å². The molecule has 0 aliphatic carbocycles. The summed E-state index contributed by atoms with van der Waals surface area (Å²) in [7, 11) is -5.17. The molecule has 0 bridgehead atoms. The van der Waals surface area contributed by atoms with Crippen molar-refractivity contribution in [1.29, 1.82) is 0 Å². The van der Waals surface area contributed by atoms with Crippen LogP contribution in [0.4, 0.5) is 0 Å². The third-order valence-electron chi connectivity index (χ3n) is 0. The molecule has 8 nitrogen and oxygen atoms in total. The molecule has 0 heterocycles. The first kappa shape index (κ1) is 17.5. The molecule has 0 aromatic rings. The van der Waals surface area contributed by atoms with Gasteiger partial charge in [0.2, 0.25) is 0 Å². The minimum atomic E-state index is -5.25. The zero-order valence-corrected chi connectivity index (χ0v) is 7.56. The fraction of sp³-hybridized carbons (Fsp3) is 0. The average molecular weight is 273 g/mol. The van der Waals surface area contributed by atoms with Gasteiger partial charge in [0.1, 0.15) is 0 Å². The summed E-state index contributed by atoms with van der Waals surface area (Å²) in [5.41, 5.74) is 0. The summed E-state index contributed by atoms with van der Waals surface area (Å²) in [5, 5.41) is 0. The summed E-state index contributed by atoms with van der Waals surface area (Å²) >= 11 is -5.25. The molecule has 72 valence electrons. The van der Waals surface area contributed by atoms with Crippen molar-refractivity contribution < 1.29 is 63.6 Å². The molecule has 0 aromatic heterocycles. The molecule has 0 aliphatic rings. The van der Waals surface area contributed by atoms with E-state index in [0.29, 0.717) is 0 Å². The predicted molar refractivity (Wildman–Crippen MR) is 16.3 cm³/mol. The van der Waals surface area contributed by atoms with Crippen LogP contribution in [0, 0.1) is 0 Å². The zero-order chi connectivity index (χ0) is 9.00. The fourth-order valence-electron chi connectivity index (χ4n) is 0. The Hall–Kier alpha value is 0.416. The van der Waals surface area contributed by atoms with E-state index in [4.69, 9.17) is 33.4 Å². The first-order chi connectivity index (χ1) is 4.00. The van der Waals surface area contributed by atoms with Gasteiger partial charge in [-0.3, -0.25) is 8.42 Å². The molecule has 0 aromatic carbocycles. The fourth-order valence-corrected chi connectivity index (χ4v) is 0. The van der Waals surface area contributed by atoms with E-state index in [1.807, 2.05) is 0 Å². The molecule has 0 fully saturated rings. The second-order valence-corrected chi connectivity index (χ2v) is 3.07. The van der Waals surface area contributed by atoms with Gasteiger partial charge in [-0.05, 0) is 0 Å². The molecule has 0 spiro atoms. The molecular formula is H2CrNiO8S. The van der Waals surface area contributed by atoms with Crippen LogP contribution < -0.4 is 0 Å². The van der Waals surface area contributed by atoms with Gasteiger partial charge < -0.3 is 9.11 Å². The van der Waals surface area contributed by atoms with Crippen molar-refractivity contribution in [2.45, 2.75) is 0 Å². The minimum absolute atomic E-state index is 0. The van der Waals surface area contributed by atoms with Gasteiger partial charge in [-0.15, -0.1) is 0 Å². The van der Waals surface area contributed by atoms with Gasteiger partial charge in [0, 0.05) is 10.4 Å². The van der Waals surface area contributed by atoms with Crippen molar-refractivity contribution in [3.05, 3.63) is 0 Å². The van der Waals surface area contributed by atoms with E-state index >= 15 is 0 Å². The predicted octanol–water partition coefficient (Wildman–Crippen LogP) is -2.69.